The van der Waals surface area contributed by atoms with Crippen molar-refractivity contribution in [2.24, 2.45) is 0 Å². The molecule has 0 spiro atoms. The van der Waals surface area contributed by atoms with E-state index in [1.807, 2.05) is 0 Å². The molecule has 0 atom stereocenters. The van der Waals surface area contributed by atoms with Crippen LogP contribution in [-0.4, -0.2) is 7.11 Å². The molecule has 0 unspecified atom stereocenters. The van der Waals surface area contributed by atoms with E-state index in [1.54, 1.807) is 24.3 Å². The van der Waals surface area contributed by atoms with Crippen molar-refractivity contribution in [3.8, 4) is 0 Å². The van der Waals surface area contributed by atoms with Crippen molar-refractivity contribution in [1.82, 2.24) is 0 Å². The summed E-state index contributed by atoms with van der Waals surface area (Å²) in [7, 11) is 1.52. The van der Waals surface area contributed by atoms with Gasteiger partial charge in [0, 0.05) is 5.56 Å². The number of methoxy groups -OCH3 is 1. The molecule has 2 N–H and O–H groups in total. The van der Waals surface area contributed by atoms with E-state index < -0.39 is 5.82 Å². The van der Waals surface area contributed by atoms with Crippen molar-refractivity contribution in [2.45, 2.75) is 0 Å². The summed E-state index contributed by atoms with van der Waals surface area (Å²) < 4.78 is 17.8. The summed E-state index contributed by atoms with van der Waals surface area (Å²) in [6, 6.07) is 4.64. The van der Waals surface area contributed by atoms with Gasteiger partial charge in [-0.25, -0.2) is 4.39 Å². The van der Waals surface area contributed by atoms with Gasteiger partial charge in [0.2, 0.25) is 0 Å². The lowest BCUT2D eigenvalue weighted by Gasteiger charge is -2.01. The van der Waals surface area contributed by atoms with Crippen LogP contribution < -0.4 is 5.73 Å². The third-order valence-corrected chi connectivity index (χ3v) is 1.80. The Morgan fingerprint density at radius 1 is 1.57 bits per heavy atom. The fourth-order valence-electron chi connectivity index (χ4n) is 0.950. The van der Waals surface area contributed by atoms with Crippen LogP contribution in [-0.2, 0) is 4.74 Å². The lowest BCUT2D eigenvalue weighted by atomic mass is 10.1. The first kappa shape index (κ1) is 10.3. The Morgan fingerprint density at radius 3 is 2.93 bits per heavy atom. The minimum atomic E-state index is -0.421. The van der Waals surface area contributed by atoms with Gasteiger partial charge in [-0.3, -0.25) is 0 Å². The molecule has 1 aromatic carbocycles. The van der Waals surface area contributed by atoms with Gasteiger partial charge in [-0.2, -0.15) is 0 Å². The van der Waals surface area contributed by atoms with Crippen molar-refractivity contribution < 1.29 is 9.13 Å². The Balaban J connectivity index is 2.92. The van der Waals surface area contributed by atoms with Gasteiger partial charge in [0.05, 0.1) is 12.8 Å². The zero-order chi connectivity index (χ0) is 10.6. The number of allylic oxidation sites excluding steroid dienone is 1. The van der Waals surface area contributed by atoms with E-state index in [0.29, 0.717) is 11.3 Å². The summed E-state index contributed by atoms with van der Waals surface area (Å²) >= 11 is 0. The van der Waals surface area contributed by atoms with Crippen molar-refractivity contribution in [1.29, 1.82) is 0 Å². The Kier molecular flexibility index (Phi) is 3.29. The molecular weight excluding hydrogens is 181 g/mol. The van der Waals surface area contributed by atoms with Crippen LogP contribution in [0.25, 0.3) is 6.08 Å². The lowest BCUT2D eigenvalue weighted by Crippen LogP contribution is -1.93. The number of benzene rings is 1. The maximum Gasteiger partial charge on any atom is 0.146 e. The first-order valence-electron chi connectivity index (χ1n) is 4.10. The predicted octanol–water partition coefficient (Wildman–Crippen LogP) is 2.58. The molecule has 0 amide bonds. The number of hydrogen-bond acceptors (Lipinski definition) is 2. The van der Waals surface area contributed by atoms with Gasteiger partial charge in [0.1, 0.15) is 11.6 Å². The highest BCUT2D eigenvalue weighted by Crippen LogP contribution is 2.17. The second-order valence-electron chi connectivity index (χ2n) is 2.75. The van der Waals surface area contributed by atoms with Crippen LogP contribution in [0.2, 0.25) is 0 Å². The van der Waals surface area contributed by atoms with E-state index in [0.717, 1.165) is 0 Å². The standard InChI is InChI=1S/C11H12FNO/c1-8(14-2)6-7-9-4-3-5-10(12)11(9)13/h3-7H,1,13H2,2H3/b7-6+. The number of anilines is 1. The van der Waals surface area contributed by atoms with Crippen LogP contribution in [0.4, 0.5) is 10.1 Å². The normalized spacial score (nSPS) is 10.4. The largest absolute Gasteiger partial charge is 0.497 e. The fraction of sp³-hybridized carbons (Fsp3) is 0.0909. The molecule has 0 aliphatic carbocycles. The molecule has 0 bridgehead atoms. The van der Waals surface area contributed by atoms with Gasteiger partial charge in [-0.15, -0.1) is 0 Å². The van der Waals surface area contributed by atoms with Gasteiger partial charge in [-0.05, 0) is 18.2 Å². The summed E-state index contributed by atoms with van der Waals surface area (Å²) in [4.78, 5) is 0. The second-order valence-corrected chi connectivity index (χ2v) is 2.75. The van der Waals surface area contributed by atoms with Crippen molar-refractivity contribution in [2.75, 3.05) is 12.8 Å². The van der Waals surface area contributed by atoms with Crippen LogP contribution in [0.3, 0.4) is 0 Å². The summed E-state index contributed by atoms with van der Waals surface area (Å²) in [5.74, 6) is 0.0730. The van der Waals surface area contributed by atoms with Crippen molar-refractivity contribution in [3.05, 3.63) is 48.0 Å². The molecule has 1 aromatic rings. The van der Waals surface area contributed by atoms with Gasteiger partial charge >= 0.3 is 0 Å². The molecule has 0 saturated carbocycles. The van der Waals surface area contributed by atoms with E-state index >= 15 is 0 Å². The Labute approximate surface area is 82.5 Å². The number of para-hydroxylation sites is 1. The van der Waals surface area contributed by atoms with Crippen LogP contribution in [0.5, 0.6) is 0 Å². The van der Waals surface area contributed by atoms with Crippen LogP contribution in [0, 0.1) is 5.82 Å². The van der Waals surface area contributed by atoms with Gasteiger partial charge in [0.15, 0.2) is 0 Å². The monoisotopic (exact) mass is 193 g/mol. The highest BCUT2D eigenvalue weighted by molar-refractivity contribution is 5.65. The summed E-state index contributed by atoms with van der Waals surface area (Å²) in [5, 5.41) is 0. The molecule has 3 heteroatoms. The highest BCUT2D eigenvalue weighted by Gasteiger charge is 2.00. The van der Waals surface area contributed by atoms with E-state index in [2.05, 4.69) is 6.58 Å². The summed E-state index contributed by atoms with van der Waals surface area (Å²) in [6.07, 6.45) is 3.29. The molecule has 74 valence electrons. The number of hydrogen-bond donors (Lipinski definition) is 1. The first-order valence-corrected chi connectivity index (χ1v) is 4.10. The van der Waals surface area contributed by atoms with E-state index in [9.17, 15) is 4.39 Å². The van der Waals surface area contributed by atoms with Crippen LogP contribution in [0.15, 0.2) is 36.6 Å². The minimum Gasteiger partial charge on any atom is -0.497 e. The van der Waals surface area contributed by atoms with Crippen LogP contribution >= 0.6 is 0 Å². The number of nitrogen functional groups attached to an aromatic ring is 1. The van der Waals surface area contributed by atoms with Crippen molar-refractivity contribution >= 4 is 11.8 Å². The van der Waals surface area contributed by atoms with Gasteiger partial charge in [0.25, 0.3) is 0 Å². The maximum atomic E-state index is 13.0. The summed E-state index contributed by atoms with van der Waals surface area (Å²) in [5.41, 5.74) is 6.26. The zero-order valence-corrected chi connectivity index (χ0v) is 7.96. The van der Waals surface area contributed by atoms with Gasteiger partial charge in [-0.1, -0.05) is 18.7 Å². The molecular formula is C11H12FNO. The molecule has 1 rings (SSSR count). The Bertz CT molecular complexity index is 372. The van der Waals surface area contributed by atoms with E-state index in [1.165, 1.54) is 13.2 Å². The van der Waals surface area contributed by atoms with E-state index in [-0.39, 0.29) is 5.69 Å². The molecule has 0 aliphatic heterocycles. The topological polar surface area (TPSA) is 35.2 Å². The maximum absolute atomic E-state index is 13.0. The smallest absolute Gasteiger partial charge is 0.146 e. The highest BCUT2D eigenvalue weighted by atomic mass is 19.1. The third kappa shape index (κ3) is 2.36. The molecule has 0 heterocycles. The predicted molar refractivity (Wildman–Crippen MR) is 56.0 cm³/mol. The quantitative estimate of drug-likeness (QED) is 0.455. The third-order valence-electron chi connectivity index (χ3n) is 1.80. The summed E-state index contributed by atoms with van der Waals surface area (Å²) in [6.45, 7) is 3.60. The molecule has 2 nitrogen and oxygen atoms in total. The van der Waals surface area contributed by atoms with E-state index in [4.69, 9.17) is 10.5 Å². The van der Waals surface area contributed by atoms with Gasteiger partial charge < -0.3 is 10.5 Å². The molecule has 0 aromatic heterocycles. The second kappa shape index (κ2) is 4.46. The number of nitrogens with two attached hydrogens (primary N) is 1. The molecule has 0 radical (unpaired) electrons. The number of rotatable bonds is 3. The molecule has 0 fully saturated rings. The molecule has 0 saturated heterocycles. The SMILES string of the molecule is C=C(/C=C/c1cccc(F)c1N)OC. The Morgan fingerprint density at radius 2 is 2.29 bits per heavy atom. The van der Waals surface area contributed by atoms with Crippen LogP contribution in [0.1, 0.15) is 5.56 Å². The number of ether oxygens (including phenoxy) is 1. The zero-order valence-electron chi connectivity index (χ0n) is 7.96. The van der Waals surface area contributed by atoms with Crippen molar-refractivity contribution in [3.63, 3.8) is 0 Å². The fourth-order valence-corrected chi connectivity index (χ4v) is 0.950. The number of halogens is 1. The first-order chi connectivity index (χ1) is 6.65. The average molecular weight is 193 g/mol. The minimum absolute atomic E-state index is 0.132. The average Bonchev–Trinajstić information content (AvgIpc) is 2.20. The molecule has 0 aliphatic rings. The molecule has 14 heavy (non-hydrogen) atoms. The Hall–Kier alpha value is -1.77. The lowest BCUT2D eigenvalue weighted by molar-refractivity contribution is 0.309.